The van der Waals surface area contributed by atoms with E-state index >= 15 is 0 Å². The molecular weight excluding hydrogens is 437 g/mol. The number of aromatic nitrogens is 1. The maximum atomic E-state index is 13.9. The van der Waals surface area contributed by atoms with Crippen molar-refractivity contribution in [1.29, 1.82) is 0 Å². The fourth-order valence-electron chi connectivity index (χ4n) is 3.02. The maximum Gasteiger partial charge on any atom is 0.412 e. The van der Waals surface area contributed by atoms with E-state index in [0.717, 1.165) is 11.5 Å². The summed E-state index contributed by atoms with van der Waals surface area (Å²) in [6.07, 6.45) is 2.76. The molecule has 0 aliphatic heterocycles. The summed E-state index contributed by atoms with van der Waals surface area (Å²) in [5, 5.41) is 7.79. The Morgan fingerprint density at radius 1 is 1.22 bits per heavy atom. The number of nitrogens with two attached hydrogens (primary N) is 1. The number of primary amides is 1. The first-order chi connectivity index (χ1) is 15.3. The summed E-state index contributed by atoms with van der Waals surface area (Å²) in [6.45, 7) is 3.75. The highest BCUT2D eigenvalue weighted by molar-refractivity contribution is 7.11. The van der Waals surface area contributed by atoms with Crippen LogP contribution in [0.1, 0.15) is 30.6 Å². The Bertz CT molecular complexity index is 1090. The molecule has 0 spiro atoms. The van der Waals surface area contributed by atoms with Crippen molar-refractivity contribution in [2.75, 3.05) is 17.2 Å². The lowest BCUT2D eigenvalue weighted by atomic mass is 10.00. The molecule has 1 atom stereocenters. The molecule has 1 aromatic carbocycles. The van der Waals surface area contributed by atoms with Crippen molar-refractivity contribution < 1.29 is 23.5 Å². The summed E-state index contributed by atoms with van der Waals surface area (Å²) in [5.74, 6) is -1.10. The molecule has 4 amide bonds. The second-order valence-electron chi connectivity index (χ2n) is 6.97. The number of nitrogens with one attached hydrogen (secondary N) is 3. The van der Waals surface area contributed by atoms with Crippen LogP contribution in [0.15, 0.2) is 47.9 Å². The van der Waals surface area contributed by atoms with E-state index in [2.05, 4.69) is 20.3 Å². The number of nitrogens with zero attached hydrogens (tertiary/aromatic N) is 1. The van der Waals surface area contributed by atoms with Gasteiger partial charge in [-0.2, -0.15) is 4.37 Å². The van der Waals surface area contributed by atoms with E-state index in [0.29, 0.717) is 23.4 Å². The van der Waals surface area contributed by atoms with Gasteiger partial charge in [0.25, 0.3) is 5.91 Å². The van der Waals surface area contributed by atoms with Gasteiger partial charge in [-0.25, -0.2) is 14.0 Å². The number of hydrogen-bond donors (Lipinski definition) is 4. The molecule has 11 heteroatoms. The highest BCUT2D eigenvalue weighted by atomic mass is 32.1. The number of anilines is 2. The van der Waals surface area contributed by atoms with Gasteiger partial charge in [-0.15, -0.1) is 0 Å². The average Bonchev–Trinajstić information content (AvgIpc) is 3.15. The van der Waals surface area contributed by atoms with Crippen LogP contribution < -0.4 is 21.7 Å². The summed E-state index contributed by atoms with van der Waals surface area (Å²) >= 11 is 0.899. The van der Waals surface area contributed by atoms with E-state index in [-0.39, 0.29) is 28.8 Å². The summed E-state index contributed by atoms with van der Waals surface area (Å²) in [6, 6.07) is 5.90. The molecule has 9 nitrogen and oxygen atoms in total. The van der Waals surface area contributed by atoms with Gasteiger partial charge in [0.15, 0.2) is 0 Å². The first-order valence-electron chi connectivity index (χ1n) is 9.77. The summed E-state index contributed by atoms with van der Waals surface area (Å²) in [7, 11) is 0. The molecule has 0 saturated carbocycles. The Hall–Kier alpha value is -3.73. The quantitative estimate of drug-likeness (QED) is 0.508. The van der Waals surface area contributed by atoms with Crippen LogP contribution in [0, 0.1) is 5.92 Å². The molecule has 1 unspecified atom stereocenters. The molecule has 0 saturated heterocycles. The van der Waals surface area contributed by atoms with E-state index in [1.807, 2.05) is 6.92 Å². The molecule has 2 aromatic rings. The molecule has 0 radical (unpaired) electrons. The number of carbonyl (C=O) groups excluding carboxylic acids is 3. The minimum Gasteiger partial charge on any atom is -0.450 e. The van der Waals surface area contributed by atoms with Crippen molar-refractivity contribution in [3.8, 4) is 11.3 Å². The van der Waals surface area contributed by atoms with E-state index in [1.54, 1.807) is 37.3 Å². The summed E-state index contributed by atoms with van der Waals surface area (Å²) < 4.78 is 22.9. The standard InChI is InChI=1S/C21H22FN5O4S/c1-3-31-21(30)26-19-16(18(23)28)17(27-32-19)12-5-7-13(8-6-12)24-20(29)25-15-10-11(2)4-9-14(15)22/h4-9,11H,3,10H2,1-2H3,(H2,23,28)(H,26,30)(H2,24,25,29). The zero-order valence-corrected chi connectivity index (χ0v) is 18.2. The smallest absolute Gasteiger partial charge is 0.412 e. The Morgan fingerprint density at radius 3 is 2.59 bits per heavy atom. The third-order valence-corrected chi connectivity index (χ3v) is 5.26. The average molecular weight is 460 g/mol. The predicted octanol–water partition coefficient (Wildman–Crippen LogP) is 4.38. The molecule has 1 aliphatic rings. The molecule has 1 aliphatic carbocycles. The van der Waals surface area contributed by atoms with E-state index in [4.69, 9.17) is 10.5 Å². The molecule has 0 bridgehead atoms. The topological polar surface area (TPSA) is 135 Å². The van der Waals surface area contributed by atoms with Gasteiger partial charge in [0.2, 0.25) is 0 Å². The van der Waals surface area contributed by atoms with Gasteiger partial charge < -0.3 is 21.1 Å². The van der Waals surface area contributed by atoms with E-state index in [9.17, 15) is 18.8 Å². The summed E-state index contributed by atoms with van der Waals surface area (Å²) in [5.41, 5.74) is 7.07. The lowest BCUT2D eigenvalue weighted by Gasteiger charge is -2.17. The van der Waals surface area contributed by atoms with Gasteiger partial charge in [-0.3, -0.25) is 10.1 Å². The molecular formula is C21H22FN5O4S. The van der Waals surface area contributed by atoms with Crippen LogP contribution in [0.2, 0.25) is 0 Å². The first-order valence-corrected chi connectivity index (χ1v) is 10.5. The van der Waals surface area contributed by atoms with Crippen LogP contribution in [0.5, 0.6) is 0 Å². The zero-order chi connectivity index (χ0) is 23.3. The molecule has 1 aromatic heterocycles. The number of carbonyl (C=O) groups is 3. The van der Waals surface area contributed by atoms with Crippen LogP contribution in [0.25, 0.3) is 11.3 Å². The second kappa shape index (κ2) is 10.1. The number of rotatable bonds is 6. The maximum absolute atomic E-state index is 13.9. The van der Waals surface area contributed by atoms with E-state index < -0.39 is 23.9 Å². The first kappa shape index (κ1) is 22.9. The lowest BCUT2D eigenvalue weighted by Crippen LogP contribution is -2.30. The number of urea groups is 1. The number of allylic oxidation sites excluding steroid dienone is 4. The SMILES string of the molecule is CCOC(=O)Nc1snc(-c2ccc(NC(=O)NC3=C(F)C=CC(C)C3)cc2)c1C(N)=O. The van der Waals surface area contributed by atoms with Gasteiger partial charge in [0.05, 0.1) is 18.0 Å². The zero-order valence-electron chi connectivity index (χ0n) is 17.4. The van der Waals surface area contributed by atoms with Gasteiger partial charge in [-0.05, 0) is 49.0 Å². The number of amides is 4. The Morgan fingerprint density at radius 2 is 1.94 bits per heavy atom. The van der Waals surface area contributed by atoms with Crippen molar-refractivity contribution in [3.05, 3.63) is 53.5 Å². The highest BCUT2D eigenvalue weighted by Gasteiger charge is 2.22. The minimum absolute atomic E-state index is 0.0587. The Balaban J connectivity index is 1.72. The van der Waals surface area contributed by atoms with Crippen LogP contribution in [0.3, 0.4) is 0 Å². The van der Waals surface area contributed by atoms with Crippen molar-refractivity contribution >= 4 is 40.3 Å². The largest absolute Gasteiger partial charge is 0.450 e. The number of benzene rings is 1. The molecule has 5 N–H and O–H groups in total. The molecule has 168 valence electrons. The van der Waals surface area contributed by atoms with Gasteiger partial charge in [0.1, 0.15) is 16.4 Å². The fraction of sp³-hybridized carbons (Fsp3) is 0.238. The van der Waals surface area contributed by atoms with Crippen LogP contribution in [-0.4, -0.2) is 29.0 Å². The van der Waals surface area contributed by atoms with Crippen molar-refractivity contribution in [3.63, 3.8) is 0 Å². The number of ether oxygens (including phenoxy) is 1. The van der Waals surface area contributed by atoms with E-state index in [1.165, 1.54) is 6.08 Å². The molecule has 0 fully saturated rings. The minimum atomic E-state index is -0.756. The van der Waals surface area contributed by atoms with Crippen molar-refractivity contribution in [2.45, 2.75) is 20.3 Å². The molecule has 1 heterocycles. The van der Waals surface area contributed by atoms with Gasteiger partial charge >= 0.3 is 12.1 Å². The normalized spacial score (nSPS) is 15.3. The second-order valence-corrected chi connectivity index (χ2v) is 7.74. The highest BCUT2D eigenvalue weighted by Crippen LogP contribution is 2.33. The monoisotopic (exact) mass is 459 g/mol. The van der Waals surface area contributed by atoms with Gasteiger partial charge in [-0.1, -0.05) is 25.1 Å². The number of halogens is 1. The van der Waals surface area contributed by atoms with Crippen molar-refractivity contribution in [1.82, 2.24) is 9.69 Å². The van der Waals surface area contributed by atoms with Crippen LogP contribution >= 0.6 is 11.5 Å². The van der Waals surface area contributed by atoms with Crippen LogP contribution in [0.4, 0.5) is 24.7 Å². The van der Waals surface area contributed by atoms with Crippen molar-refractivity contribution in [2.24, 2.45) is 11.7 Å². The Kier molecular flexibility index (Phi) is 7.21. The summed E-state index contributed by atoms with van der Waals surface area (Å²) in [4.78, 5) is 35.9. The Labute approximate surface area is 187 Å². The molecule has 32 heavy (non-hydrogen) atoms. The number of hydrogen-bond acceptors (Lipinski definition) is 6. The third-order valence-electron chi connectivity index (χ3n) is 4.50. The van der Waals surface area contributed by atoms with Gasteiger partial charge in [0, 0.05) is 11.3 Å². The molecule has 3 rings (SSSR count). The van der Waals surface area contributed by atoms with Crippen LogP contribution in [-0.2, 0) is 4.74 Å². The third kappa shape index (κ3) is 5.49. The predicted molar refractivity (Wildman–Crippen MR) is 120 cm³/mol. The lowest BCUT2D eigenvalue weighted by molar-refractivity contribution is 0.100. The fourth-order valence-corrected chi connectivity index (χ4v) is 3.82.